The van der Waals surface area contributed by atoms with Gasteiger partial charge in [-0.2, -0.15) is 0 Å². The molecule has 2 aromatic rings. The van der Waals surface area contributed by atoms with Gasteiger partial charge < -0.3 is 9.93 Å². The third-order valence-electron chi connectivity index (χ3n) is 2.71. The summed E-state index contributed by atoms with van der Waals surface area (Å²) in [4.78, 5) is 3.51. The molecule has 21 heavy (non-hydrogen) atoms. The van der Waals surface area contributed by atoms with Gasteiger partial charge in [-0.25, -0.2) is 8.42 Å². The highest BCUT2D eigenvalue weighted by molar-refractivity contribution is 7.93. The van der Waals surface area contributed by atoms with Crippen LogP contribution in [0.5, 0.6) is 0 Å². The van der Waals surface area contributed by atoms with Crippen molar-refractivity contribution in [2.24, 2.45) is 5.10 Å². The largest absolute Gasteiger partial charge is 0.491 e. The van der Waals surface area contributed by atoms with Crippen molar-refractivity contribution in [3.8, 4) is 0 Å². The van der Waals surface area contributed by atoms with Gasteiger partial charge in [-0.05, 0) is 30.7 Å². The van der Waals surface area contributed by atoms with E-state index in [0.29, 0.717) is 0 Å². The second kappa shape index (κ2) is 6.85. The Kier molecular flexibility index (Phi) is 4.90. The first kappa shape index (κ1) is 15.0. The van der Waals surface area contributed by atoms with Crippen LogP contribution in [0.15, 0.2) is 70.7 Å². The number of rotatable bonds is 5. The van der Waals surface area contributed by atoms with E-state index in [1.165, 1.54) is 18.3 Å². The van der Waals surface area contributed by atoms with Crippen LogP contribution in [0.4, 0.5) is 0 Å². The highest BCUT2D eigenvalue weighted by atomic mass is 32.2. The second-order valence-corrected chi connectivity index (χ2v) is 5.99. The molecule has 0 unspecified atom stereocenters. The minimum absolute atomic E-state index is 0.136. The maximum absolute atomic E-state index is 11.9. The van der Waals surface area contributed by atoms with Crippen molar-refractivity contribution in [2.75, 3.05) is 0 Å². The van der Waals surface area contributed by atoms with Crippen LogP contribution in [0, 0.1) is 6.92 Å². The number of hydrogen-bond donors (Lipinski definition) is 0. The first-order valence-electron chi connectivity index (χ1n) is 6.37. The van der Waals surface area contributed by atoms with Gasteiger partial charge in [0.05, 0.1) is 4.90 Å². The molecule has 0 radical (unpaired) electrons. The van der Waals surface area contributed by atoms with E-state index < -0.39 is 10.0 Å². The van der Waals surface area contributed by atoms with Gasteiger partial charge >= 0.3 is 0 Å². The Morgan fingerprint density at radius 1 is 1.00 bits per heavy atom. The third-order valence-corrected chi connectivity index (χ3v) is 3.89. The first-order chi connectivity index (χ1) is 10.1. The molecule has 0 bridgehead atoms. The molecule has 0 aliphatic rings. The van der Waals surface area contributed by atoms with Crippen molar-refractivity contribution < 1.29 is 8.42 Å². The summed E-state index contributed by atoms with van der Waals surface area (Å²) in [6, 6.07) is 16.1. The van der Waals surface area contributed by atoms with Gasteiger partial charge in [0, 0.05) is 6.21 Å². The molecular formula is C16H15N2O2S-. The molecule has 0 fully saturated rings. The minimum atomic E-state index is -3.73. The highest BCUT2D eigenvalue weighted by Crippen LogP contribution is 2.17. The van der Waals surface area contributed by atoms with Gasteiger partial charge in [-0.3, -0.25) is 0 Å². The molecule has 5 heteroatoms. The summed E-state index contributed by atoms with van der Waals surface area (Å²) in [6.45, 7) is 1.89. The topological polar surface area (TPSA) is 60.6 Å². The first-order valence-corrected chi connectivity index (χ1v) is 7.81. The fourth-order valence-electron chi connectivity index (χ4n) is 1.60. The molecule has 0 atom stereocenters. The van der Waals surface area contributed by atoms with Crippen molar-refractivity contribution in [1.82, 2.24) is 0 Å². The molecule has 0 aliphatic carbocycles. The SMILES string of the molecule is Cc1ccc(S(=O)(=O)[N-]/N=C/C=C/c2ccccc2)cc1. The van der Waals surface area contributed by atoms with E-state index in [-0.39, 0.29) is 4.90 Å². The molecule has 0 heterocycles. The Morgan fingerprint density at radius 2 is 1.67 bits per heavy atom. The molecule has 0 aliphatic heterocycles. The van der Waals surface area contributed by atoms with Crippen molar-refractivity contribution >= 4 is 22.3 Å². The van der Waals surface area contributed by atoms with Crippen LogP contribution in [0.3, 0.4) is 0 Å². The summed E-state index contributed by atoms with van der Waals surface area (Å²) in [6.07, 6.45) is 4.81. The lowest BCUT2D eigenvalue weighted by atomic mass is 10.2. The fraction of sp³-hybridized carbons (Fsp3) is 0.0625. The van der Waals surface area contributed by atoms with Crippen molar-refractivity contribution in [3.63, 3.8) is 0 Å². The molecule has 2 aromatic carbocycles. The number of aryl methyl sites for hydroxylation is 1. The van der Waals surface area contributed by atoms with Crippen LogP contribution in [0.25, 0.3) is 10.9 Å². The summed E-state index contributed by atoms with van der Waals surface area (Å²) in [5.74, 6) is 0. The van der Waals surface area contributed by atoms with Crippen LogP contribution in [0.2, 0.25) is 0 Å². The Balaban J connectivity index is 1.97. The van der Waals surface area contributed by atoms with Gasteiger partial charge in [-0.1, -0.05) is 54.1 Å². The molecule has 0 amide bonds. The van der Waals surface area contributed by atoms with Crippen LogP contribution < -0.4 is 0 Å². The molecule has 0 saturated heterocycles. The number of sulfonamides is 1. The summed E-state index contributed by atoms with van der Waals surface area (Å²) in [5.41, 5.74) is 1.99. The van der Waals surface area contributed by atoms with E-state index >= 15 is 0 Å². The van der Waals surface area contributed by atoms with E-state index in [2.05, 4.69) is 9.93 Å². The van der Waals surface area contributed by atoms with E-state index in [9.17, 15) is 8.42 Å². The van der Waals surface area contributed by atoms with Crippen molar-refractivity contribution in [3.05, 3.63) is 76.6 Å². The highest BCUT2D eigenvalue weighted by Gasteiger charge is 2.02. The predicted molar refractivity (Wildman–Crippen MR) is 85.7 cm³/mol. The van der Waals surface area contributed by atoms with E-state index in [4.69, 9.17) is 0 Å². The number of benzene rings is 2. The normalized spacial score (nSPS) is 12.0. The average Bonchev–Trinajstić information content (AvgIpc) is 2.48. The maximum atomic E-state index is 11.9. The predicted octanol–water partition coefficient (Wildman–Crippen LogP) is 3.76. The maximum Gasteiger partial charge on any atom is 0.135 e. The van der Waals surface area contributed by atoms with Crippen LogP contribution in [-0.4, -0.2) is 14.6 Å². The van der Waals surface area contributed by atoms with Gasteiger partial charge in [0.2, 0.25) is 0 Å². The van der Waals surface area contributed by atoms with Gasteiger partial charge in [0.15, 0.2) is 0 Å². The van der Waals surface area contributed by atoms with Crippen LogP contribution >= 0.6 is 0 Å². The summed E-state index contributed by atoms with van der Waals surface area (Å²) >= 11 is 0. The standard InChI is InChI=1S/C16H15N2O2S/c1-14-9-11-16(12-10-14)21(19,20)18-17-13-5-8-15-6-3-2-4-7-15/h2-13H,1H3/q-1/b8-5+,17-13+. The Morgan fingerprint density at radius 3 is 2.33 bits per heavy atom. The number of hydrogen-bond acceptors (Lipinski definition) is 3. The Labute approximate surface area is 124 Å². The molecule has 0 spiro atoms. The molecule has 0 aromatic heterocycles. The zero-order valence-corrected chi connectivity index (χ0v) is 12.4. The Bertz CT molecular complexity index is 734. The lowest BCUT2D eigenvalue weighted by Crippen LogP contribution is -1.97. The Hall–Kier alpha value is -2.40. The zero-order valence-electron chi connectivity index (χ0n) is 11.5. The van der Waals surface area contributed by atoms with Crippen molar-refractivity contribution in [2.45, 2.75) is 11.8 Å². The molecule has 2 rings (SSSR count). The molecule has 108 valence electrons. The average molecular weight is 299 g/mol. The zero-order chi connectivity index (χ0) is 15.1. The van der Waals surface area contributed by atoms with Crippen molar-refractivity contribution in [1.29, 1.82) is 0 Å². The summed E-state index contributed by atoms with van der Waals surface area (Å²) in [5, 5.41) is 3.58. The number of nitrogens with zero attached hydrogens (tertiary/aromatic N) is 2. The lowest BCUT2D eigenvalue weighted by molar-refractivity contribution is 0.602. The van der Waals surface area contributed by atoms with E-state index in [0.717, 1.165) is 11.1 Å². The third kappa shape index (κ3) is 4.57. The summed E-state index contributed by atoms with van der Waals surface area (Å²) < 4.78 is 23.7. The summed E-state index contributed by atoms with van der Waals surface area (Å²) in [7, 11) is -3.73. The number of allylic oxidation sites excluding steroid dienone is 1. The molecule has 0 N–H and O–H groups in total. The quantitative estimate of drug-likeness (QED) is 0.623. The smallest absolute Gasteiger partial charge is 0.135 e. The minimum Gasteiger partial charge on any atom is -0.491 e. The van der Waals surface area contributed by atoms with E-state index in [1.54, 1.807) is 18.2 Å². The van der Waals surface area contributed by atoms with Crippen LogP contribution in [-0.2, 0) is 10.0 Å². The van der Waals surface area contributed by atoms with Crippen LogP contribution in [0.1, 0.15) is 11.1 Å². The van der Waals surface area contributed by atoms with Gasteiger partial charge in [0.25, 0.3) is 0 Å². The fourth-order valence-corrected chi connectivity index (χ4v) is 2.36. The second-order valence-electron chi connectivity index (χ2n) is 4.40. The molecular weight excluding hydrogens is 284 g/mol. The van der Waals surface area contributed by atoms with Gasteiger partial charge in [0.1, 0.15) is 10.0 Å². The molecule has 4 nitrogen and oxygen atoms in total. The molecule has 0 saturated carbocycles. The lowest BCUT2D eigenvalue weighted by Gasteiger charge is -2.15. The monoisotopic (exact) mass is 299 g/mol. The van der Waals surface area contributed by atoms with Gasteiger partial charge in [-0.15, -0.1) is 0 Å². The van der Waals surface area contributed by atoms with E-state index in [1.807, 2.05) is 43.3 Å².